The van der Waals surface area contributed by atoms with Gasteiger partial charge in [-0.1, -0.05) is 12.1 Å². The Bertz CT molecular complexity index is 1160. The van der Waals surface area contributed by atoms with Crippen LogP contribution in [-0.2, 0) is 31.6 Å². The minimum Gasteiger partial charge on any atom is -0.497 e. The van der Waals surface area contributed by atoms with Crippen LogP contribution in [0.2, 0.25) is 0 Å². The van der Waals surface area contributed by atoms with Gasteiger partial charge in [0.05, 0.1) is 38.4 Å². The van der Waals surface area contributed by atoms with Crippen molar-refractivity contribution in [1.82, 2.24) is 9.78 Å². The van der Waals surface area contributed by atoms with Gasteiger partial charge in [0.2, 0.25) is 5.91 Å². The fourth-order valence-corrected chi connectivity index (χ4v) is 5.17. The van der Waals surface area contributed by atoms with Crippen LogP contribution in [0.1, 0.15) is 25.0 Å². The van der Waals surface area contributed by atoms with E-state index >= 15 is 0 Å². The van der Waals surface area contributed by atoms with Gasteiger partial charge in [0.15, 0.2) is 0 Å². The van der Waals surface area contributed by atoms with E-state index in [1.807, 2.05) is 31.3 Å². The molecule has 8 nitrogen and oxygen atoms in total. The van der Waals surface area contributed by atoms with Crippen molar-refractivity contribution in [2.24, 2.45) is 7.05 Å². The summed E-state index contributed by atoms with van der Waals surface area (Å²) < 4.78 is 30.4. The predicted molar refractivity (Wildman–Crippen MR) is 134 cm³/mol. The molecule has 1 aromatic heterocycles. The number of hydrogen-bond donors (Lipinski definition) is 1. The molecular weight excluding hydrogens is 453 g/mol. The molecule has 0 bridgehead atoms. The van der Waals surface area contributed by atoms with E-state index in [9.17, 15) is 9.36 Å². The monoisotopic (exact) mass is 483 g/mol. The van der Waals surface area contributed by atoms with Gasteiger partial charge in [0.1, 0.15) is 5.75 Å². The number of hydrogen-bond acceptors (Lipinski definition) is 6. The number of nitrogens with one attached hydrogen (secondary N) is 1. The van der Waals surface area contributed by atoms with Crippen molar-refractivity contribution >= 4 is 25.3 Å². The molecule has 3 aromatic rings. The van der Waals surface area contributed by atoms with Crippen molar-refractivity contribution in [2.75, 3.05) is 25.6 Å². The van der Waals surface area contributed by atoms with Gasteiger partial charge in [-0.2, -0.15) is 5.10 Å². The first-order chi connectivity index (χ1) is 16.4. The van der Waals surface area contributed by atoms with Crippen molar-refractivity contribution in [1.29, 1.82) is 0 Å². The number of methoxy groups -OCH3 is 1. The number of aryl methyl sites for hydroxylation is 1. The van der Waals surface area contributed by atoms with E-state index in [1.54, 1.807) is 62.2 Å². The quantitative estimate of drug-likeness (QED) is 0.286. The van der Waals surface area contributed by atoms with Crippen molar-refractivity contribution in [2.45, 2.75) is 20.0 Å². The average molecular weight is 484 g/mol. The highest BCUT2D eigenvalue weighted by Gasteiger charge is 2.23. The third-order valence-corrected chi connectivity index (χ3v) is 7.05. The molecular formula is C25H30N3O5P. The third-order valence-electron chi connectivity index (χ3n) is 4.99. The van der Waals surface area contributed by atoms with E-state index in [-0.39, 0.29) is 12.1 Å². The molecule has 9 heteroatoms. The molecule has 1 amide bonds. The molecule has 0 spiro atoms. The molecule has 0 saturated heterocycles. The highest BCUT2D eigenvalue weighted by Crippen LogP contribution is 2.51. The first kappa shape index (κ1) is 25.4. The fraction of sp³-hybridized carbons (Fsp3) is 0.280. The molecule has 0 unspecified atom stereocenters. The Morgan fingerprint density at radius 2 is 1.71 bits per heavy atom. The van der Waals surface area contributed by atoms with Crippen molar-refractivity contribution in [3.05, 3.63) is 71.9 Å². The number of rotatable bonds is 11. The maximum absolute atomic E-state index is 12.7. The van der Waals surface area contributed by atoms with Gasteiger partial charge in [-0.05, 0) is 61.9 Å². The summed E-state index contributed by atoms with van der Waals surface area (Å²) in [6, 6.07) is 14.8. The number of carbonyl (C=O) groups is 1. The number of benzene rings is 2. The number of amides is 1. The minimum absolute atomic E-state index is 0.179. The SMILES string of the molecule is CCOP(=O)(Cc1ccc(NC(=O)/C=C\c2cnn(C)c2-c2ccc(OC)cc2)cc1)OCC. The Morgan fingerprint density at radius 1 is 1.06 bits per heavy atom. The summed E-state index contributed by atoms with van der Waals surface area (Å²) >= 11 is 0. The lowest BCUT2D eigenvalue weighted by atomic mass is 10.1. The highest BCUT2D eigenvalue weighted by molar-refractivity contribution is 7.53. The number of aromatic nitrogens is 2. The second kappa shape index (κ2) is 11.8. The molecule has 0 radical (unpaired) electrons. The molecule has 34 heavy (non-hydrogen) atoms. The molecule has 3 rings (SSSR count). The largest absolute Gasteiger partial charge is 0.497 e. The van der Waals surface area contributed by atoms with Gasteiger partial charge in [0, 0.05) is 29.9 Å². The maximum atomic E-state index is 12.7. The van der Waals surface area contributed by atoms with Crippen molar-refractivity contribution < 1.29 is 23.1 Å². The predicted octanol–water partition coefficient (Wildman–Crippen LogP) is 5.51. The first-order valence-electron chi connectivity index (χ1n) is 11.0. The van der Waals surface area contributed by atoms with E-state index in [4.69, 9.17) is 13.8 Å². The number of anilines is 1. The number of nitrogens with zero attached hydrogens (tertiary/aromatic N) is 2. The fourth-order valence-electron chi connectivity index (χ4n) is 3.47. The molecule has 180 valence electrons. The lowest BCUT2D eigenvalue weighted by molar-refractivity contribution is -0.111. The van der Waals surface area contributed by atoms with Gasteiger partial charge < -0.3 is 19.1 Å². The Morgan fingerprint density at radius 3 is 2.29 bits per heavy atom. The summed E-state index contributed by atoms with van der Waals surface area (Å²) in [6.07, 6.45) is 5.10. The molecule has 0 aliphatic heterocycles. The number of ether oxygens (including phenoxy) is 1. The minimum atomic E-state index is -3.17. The third kappa shape index (κ3) is 6.67. The van der Waals surface area contributed by atoms with E-state index in [1.165, 1.54) is 6.08 Å². The molecule has 1 heterocycles. The molecule has 0 saturated carbocycles. The standard InChI is InChI=1S/C25H30N3O5P/c1-5-32-34(30,33-6-2)18-19-7-12-22(13-8-19)27-24(29)16-11-21-17-26-28(3)25(21)20-9-14-23(31-4)15-10-20/h7-17H,5-6,18H2,1-4H3,(H,27,29)/b16-11-. The van der Waals surface area contributed by atoms with Gasteiger partial charge in [-0.3, -0.25) is 14.0 Å². The molecule has 0 atom stereocenters. The Kier molecular flexibility index (Phi) is 8.82. The van der Waals surface area contributed by atoms with Gasteiger partial charge >= 0.3 is 7.60 Å². The van der Waals surface area contributed by atoms with Crippen LogP contribution in [0.15, 0.2) is 60.8 Å². The average Bonchev–Trinajstić information content (AvgIpc) is 3.19. The van der Waals surface area contributed by atoms with Crippen LogP contribution >= 0.6 is 7.60 Å². The van der Waals surface area contributed by atoms with Crippen LogP contribution in [-0.4, -0.2) is 36.0 Å². The second-order valence-corrected chi connectivity index (χ2v) is 9.48. The smallest absolute Gasteiger partial charge is 0.335 e. The van der Waals surface area contributed by atoms with E-state index in [2.05, 4.69) is 10.4 Å². The van der Waals surface area contributed by atoms with Crippen LogP contribution in [0, 0.1) is 0 Å². The van der Waals surface area contributed by atoms with Crippen LogP contribution in [0.3, 0.4) is 0 Å². The first-order valence-corrected chi connectivity index (χ1v) is 12.7. The zero-order valence-corrected chi connectivity index (χ0v) is 20.7. The summed E-state index contributed by atoms with van der Waals surface area (Å²) in [5, 5.41) is 7.15. The van der Waals surface area contributed by atoms with Crippen molar-refractivity contribution in [3.63, 3.8) is 0 Å². The van der Waals surface area contributed by atoms with E-state index in [0.717, 1.165) is 28.1 Å². The Hall–Kier alpha value is -3.19. The number of carbonyl (C=O) groups excluding carboxylic acids is 1. The zero-order valence-electron chi connectivity index (χ0n) is 19.9. The van der Waals surface area contributed by atoms with Gasteiger partial charge in [0.25, 0.3) is 0 Å². The summed E-state index contributed by atoms with van der Waals surface area (Å²) in [7, 11) is 0.305. The zero-order chi connectivity index (χ0) is 24.6. The van der Waals surface area contributed by atoms with Crippen LogP contribution in [0.25, 0.3) is 17.3 Å². The topological polar surface area (TPSA) is 91.7 Å². The molecule has 0 fully saturated rings. The van der Waals surface area contributed by atoms with Crippen LogP contribution < -0.4 is 10.1 Å². The van der Waals surface area contributed by atoms with Crippen LogP contribution in [0.4, 0.5) is 5.69 Å². The summed E-state index contributed by atoms with van der Waals surface area (Å²) in [4.78, 5) is 12.5. The lowest BCUT2D eigenvalue weighted by Crippen LogP contribution is -2.07. The summed E-state index contributed by atoms with van der Waals surface area (Å²) in [6.45, 7) is 4.19. The van der Waals surface area contributed by atoms with Crippen LogP contribution in [0.5, 0.6) is 5.75 Å². The molecule has 2 aromatic carbocycles. The highest BCUT2D eigenvalue weighted by atomic mass is 31.2. The lowest BCUT2D eigenvalue weighted by Gasteiger charge is -2.17. The van der Waals surface area contributed by atoms with E-state index in [0.29, 0.717) is 18.9 Å². The van der Waals surface area contributed by atoms with E-state index < -0.39 is 7.60 Å². The van der Waals surface area contributed by atoms with Gasteiger partial charge in [-0.15, -0.1) is 0 Å². The molecule has 0 aliphatic rings. The van der Waals surface area contributed by atoms with Gasteiger partial charge in [-0.25, -0.2) is 0 Å². The maximum Gasteiger partial charge on any atom is 0.335 e. The Labute approximate surface area is 200 Å². The normalized spacial score (nSPS) is 11.6. The molecule has 0 aliphatic carbocycles. The van der Waals surface area contributed by atoms with Crippen molar-refractivity contribution in [3.8, 4) is 17.0 Å². The summed E-state index contributed by atoms with van der Waals surface area (Å²) in [5.41, 5.74) is 4.11. The summed E-state index contributed by atoms with van der Waals surface area (Å²) in [5.74, 6) is 0.499. The second-order valence-electron chi connectivity index (χ2n) is 7.42. The Balaban J connectivity index is 1.66. The molecule has 1 N–H and O–H groups in total.